The molecule has 1 aromatic carbocycles. The van der Waals surface area contributed by atoms with Crippen LogP contribution in [0.5, 0.6) is 0 Å². The third kappa shape index (κ3) is 5.43. The molecule has 0 heterocycles. The van der Waals surface area contributed by atoms with Gasteiger partial charge in [0.05, 0.1) is 6.61 Å². The van der Waals surface area contributed by atoms with Gasteiger partial charge in [0.1, 0.15) is 0 Å². The van der Waals surface area contributed by atoms with Crippen molar-refractivity contribution in [3.8, 4) is 0 Å². The van der Waals surface area contributed by atoms with Gasteiger partial charge in [0.25, 0.3) is 0 Å². The highest BCUT2D eigenvalue weighted by atomic mass is 16.5. The first-order valence-electron chi connectivity index (χ1n) is 7.07. The summed E-state index contributed by atoms with van der Waals surface area (Å²) < 4.78 is 4.89. The molecular weight excluding hydrogens is 240 g/mol. The maximum Gasteiger partial charge on any atom is 0.335 e. The molecule has 3 heteroatoms. The van der Waals surface area contributed by atoms with Crippen LogP contribution >= 0.6 is 0 Å². The zero-order chi connectivity index (χ0) is 14.1. The van der Waals surface area contributed by atoms with Gasteiger partial charge in [-0.25, -0.2) is 4.79 Å². The number of rotatable bonds is 8. The molecule has 0 aliphatic carbocycles. The zero-order valence-electron chi connectivity index (χ0n) is 11.8. The molecule has 0 bridgehead atoms. The highest BCUT2D eigenvalue weighted by molar-refractivity contribution is 5.74. The first kappa shape index (κ1) is 15.7. The summed E-state index contributed by atoms with van der Waals surface area (Å²) in [5.74, 6) is -0.515. The lowest BCUT2D eigenvalue weighted by Crippen LogP contribution is -2.31. The van der Waals surface area contributed by atoms with Gasteiger partial charge in [-0.2, -0.15) is 0 Å². The van der Waals surface area contributed by atoms with Gasteiger partial charge in [-0.15, -0.1) is 0 Å². The number of hydrogen-bond acceptors (Lipinski definition) is 3. The Kier molecular flexibility index (Phi) is 7.19. The Morgan fingerprint density at radius 3 is 2.47 bits per heavy atom. The number of ether oxygens (including phenoxy) is 1. The van der Waals surface area contributed by atoms with Crippen LogP contribution in [0.2, 0.25) is 0 Å². The molecule has 1 N–H and O–H groups in total. The Labute approximate surface area is 115 Å². The molecule has 0 aromatic heterocycles. The van der Waals surface area contributed by atoms with E-state index in [-0.39, 0.29) is 5.92 Å². The lowest BCUT2D eigenvalue weighted by atomic mass is 9.90. The van der Waals surface area contributed by atoms with Crippen LogP contribution in [-0.2, 0) is 16.0 Å². The van der Waals surface area contributed by atoms with E-state index in [1.807, 2.05) is 18.2 Å². The normalized spacial score (nSPS) is 13.8. The number of hydrogen-bond donors (Lipinski definition) is 1. The number of carbonyl (C=O) groups excluding carboxylic acids is 1. The van der Waals surface area contributed by atoms with Crippen molar-refractivity contribution in [3.63, 3.8) is 0 Å². The number of benzene rings is 1. The van der Waals surface area contributed by atoms with Crippen molar-refractivity contribution in [2.24, 2.45) is 5.92 Å². The lowest BCUT2D eigenvalue weighted by molar-refractivity contribution is -0.156. The molecule has 0 amide bonds. The monoisotopic (exact) mass is 264 g/mol. The van der Waals surface area contributed by atoms with Crippen LogP contribution in [-0.4, -0.2) is 23.8 Å². The molecule has 0 saturated carbocycles. The topological polar surface area (TPSA) is 46.5 Å². The Morgan fingerprint density at radius 1 is 1.21 bits per heavy atom. The molecule has 0 fully saturated rings. The molecule has 3 nitrogen and oxygen atoms in total. The molecule has 0 aliphatic rings. The molecule has 0 radical (unpaired) electrons. The predicted molar refractivity (Wildman–Crippen MR) is 75.8 cm³/mol. The molecular formula is C16H24O3. The highest BCUT2D eigenvalue weighted by Gasteiger charge is 2.26. The fourth-order valence-corrected chi connectivity index (χ4v) is 2.25. The molecule has 106 valence electrons. The van der Waals surface area contributed by atoms with Gasteiger partial charge in [0, 0.05) is 0 Å². The number of aryl methyl sites for hydroxylation is 1. The van der Waals surface area contributed by atoms with Gasteiger partial charge in [0.2, 0.25) is 0 Å². The summed E-state index contributed by atoms with van der Waals surface area (Å²) in [6, 6.07) is 10.1. The minimum absolute atomic E-state index is 0.0238. The van der Waals surface area contributed by atoms with Crippen molar-refractivity contribution >= 4 is 5.97 Å². The summed E-state index contributed by atoms with van der Waals surface area (Å²) in [4.78, 5) is 11.6. The summed E-state index contributed by atoms with van der Waals surface area (Å²) in [5, 5.41) is 10.0. The van der Waals surface area contributed by atoms with Gasteiger partial charge in [-0.1, -0.05) is 43.7 Å². The highest BCUT2D eigenvalue weighted by Crippen LogP contribution is 2.20. The lowest BCUT2D eigenvalue weighted by Gasteiger charge is -2.21. The third-order valence-corrected chi connectivity index (χ3v) is 3.28. The fourth-order valence-electron chi connectivity index (χ4n) is 2.25. The Bertz CT molecular complexity index is 362. The van der Waals surface area contributed by atoms with Crippen molar-refractivity contribution in [1.29, 1.82) is 0 Å². The Morgan fingerprint density at radius 2 is 1.89 bits per heavy atom. The Balaban J connectivity index is 2.54. The number of aliphatic hydroxyl groups is 1. The van der Waals surface area contributed by atoms with Crippen LogP contribution in [0.3, 0.4) is 0 Å². The van der Waals surface area contributed by atoms with Crippen molar-refractivity contribution in [1.82, 2.24) is 0 Å². The Hall–Kier alpha value is -1.35. The van der Waals surface area contributed by atoms with Crippen LogP contribution in [0.1, 0.15) is 38.7 Å². The summed E-state index contributed by atoms with van der Waals surface area (Å²) in [6.07, 6.45) is 2.48. The molecule has 1 rings (SSSR count). The van der Waals surface area contributed by atoms with E-state index in [1.165, 1.54) is 5.56 Å². The van der Waals surface area contributed by atoms with Crippen molar-refractivity contribution < 1.29 is 14.6 Å². The first-order valence-corrected chi connectivity index (χ1v) is 7.07. The average molecular weight is 264 g/mol. The van der Waals surface area contributed by atoms with Crippen LogP contribution in [0.25, 0.3) is 0 Å². The van der Waals surface area contributed by atoms with Crippen LogP contribution in [0.15, 0.2) is 30.3 Å². The average Bonchev–Trinajstić information content (AvgIpc) is 2.44. The van der Waals surface area contributed by atoms with Crippen LogP contribution in [0.4, 0.5) is 0 Å². The molecule has 19 heavy (non-hydrogen) atoms. The van der Waals surface area contributed by atoms with Gasteiger partial charge >= 0.3 is 5.97 Å². The van der Waals surface area contributed by atoms with Crippen LogP contribution in [0, 0.1) is 5.92 Å². The van der Waals surface area contributed by atoms with Crippen molar-refractivity contribution in [2.75, 3.05) is 6.61 Å². The molecule has 0 saturated heterocycles. The molecule has 0 aliphatic heterocycles. The maximum absolute atomic E-state index is 11.6. The van der Waals surface area contributed by atoms with E-state index in [0.717, 1.165) is 25.7 Å². The molecule has 1 aromatic rings. The minimum atomic E-state index is -0.997. The van der Waals surface area contributed by atoms with Gasteiger partial charge in [-0.3, -0.25) is 0 Å². The van der Waals surface area contributed by atoms with E-state index in [4.69, 9.17) is 4.74 Å². The van der Waals surface area contributed by atoms with E-state index >= 15 is 0 Å². The number of aliphatic hydroxyl groups excluding tert-OH is 1. The van der Waals surface area contributed by atoms with E-state index in [1.54, 1.807) is 6.92 Å². The summed E-state index contributed by atoms with van der Waals surface area (Å²) in [5.41, 5.74) is 1.24. The smallest absolute Gasteiger partial charge is 0.335 e. The van der Waals surface area contributed by atoms with E-state index in [2.05, 4.69) is 19.1 Å². The summed E-state index contributed by atoms with van der Waals surface area (Å²) >= 11 is 0. The molecule has 0 spiro atoms. The van der Waals surface area contributed by atoms with Crippen molar-refractivity contribution in [2.45, 2.75) is 45.6 Å². The summed E-state index contributed by atoms with van der Waals surface area (Å²) in [6.45, 7) is 4.13. The minimum Gasteiger partial charge on any atom is -0.464 e. The summed E-state index contributed by atoms with van der Waals surface area (Å²) in [7, 11) is 0. The maximum atomic E-state index is 11.6. The molecule has 2 atom stereocenters. The standard InChI is InChI=1S/C16H24O3/c1-3-8-14(15(17)16(18)19-4-2)12-11-13-9-6-5-7-10-13/h5-7,9-10,14-15,17H,3-4,8,11-12H2,1-2H3. The largest absolute Gasteiger partial charge is 0.464 e. The second kappa shape index (κ2) is 8.70. The van der Waals surface area contributed by atoms with Gasteiger partial charge < -0.3 is 9.84 Å². The second-order valence-corrected chi connectivity index (χ2v) is 4.77. The van der Waals surface area contributed by atoms with E-state index in [0.29, 0.717) is 6.61 Å². The van der Waals surface area contributed by atoms with Gasteiger partial charge in [0.15, 0.2) is 6.10 Å². The van der Waals surface area contributed by atoms with E-state index in [9.17, 15) is 9.90 Å². The second-order valence-electron chi connectivity index (χ2n) is 4.77. The van der Waals surface area contributed by atoms with Crippen LogP contribution < -0.4 is 0 Å². The number of carbonyl (C=O) groups is 1. The van der Waals surface area contributed by atoms with E-state index < -0.39 is 12.1 Å². The van der Waals surface area contributed by atoms with Crippen molar-refractivity contribution in [3.05, 3.63) is 35.9 Å². The number of esters is 1. The quantitative estimate of drug-likeness (QED) is 0.734. The first-order chi connectivity index (χ1) is 9.19. The zero-order valence-corrected chi connectivity index (χ0v) is 11.8. The SMILES string of the molecule is CCCC(CCc1ccccc1)C(O)C(=O)OCC. The predicted octanol–water partition coefficient (Wildman–Crippen LogP) is 2.96. The van der Waals surface area contributed by atoms with Gasteiger partial charge in [-0.05, 0) is 37.7 Å². The fraction of sp³-hybridized carbons (Fsp3) is 0.562. The molecule has 2 unspecified atom stereocenters. The third-order valence-electron chi connectivity index (χ3n) is 3.28.